The Labute approximate surface area is 156 Å². The molecule has 0 saturated heterocycles. The fourth-order valence-corrected chi connectivity index (χ4v) is 3.16. The first-order valence-corrected chi connectivity index (χ1v) is 8.15. The molecule has 4 nitrogen and oxygen atoms in total. The first kappa shape index (κ1) is 19.8. The number of benzene rings is 1. The monoisotopic (exact) mass is 426 g/mol. The zero-order chi connectivity index (χ0) is 15.8. The lowest BCUT2D eigenvalue weighted by Gasteiger charge is -2.28. The highest BCUT2D eigenvalue weighted by molar-refractivity contribution is 14.0. The van der Waals surface area contributed by atoms with Crippen molar-refractivity contribution in [1.29, 1.82) is 5.26 Å². The molecule has 1 aliphatic carbocycles. The Balaban J connectivity index is 0.00000264. The number of halogens is 1. The first-order valence-electron chi connectivity index (χ1n) is 8.15. The number of hydrogen-bond donors (Lipinski definition) is 2. The molecular weight excluding hydrogens is 399 g/mol. The molecule has 1 aliphatic rings. The van der Waals surface area contributed by atoms with Gasteiger partial charge in [-0.05, 0) is 42.4 Å². The molecule has 0 spiro atoms. The van der Waals surface area contributed by atoms with Crippen molar-refractivity contribution in [3.63, 3.8) is 0 Å². The maximum atomic E-state index is 8.81. The van der Waals surface area contributed by atoms with Gasteiger partial charge in [-0.2, -0.15) is 5.26 Å². The molecule has 0 radical (unpaired) electrons. The van der Waals surface area contributed by atoms with Crippen molar-refractivity contribution in [1.82, 2.24) is 10.6 Å². The van der Waals surface area contributed by atoms with Gasteiger partial charge in [0.1, 0.15) is 0 Å². The largest absolute Gasteiger partial charge is 0.356 e. The SMILES string of the molecule is CCC1(CNC(=NC)NCc2ccc(C#N)cc2)CCCC1.I. The van der Waals surface area contributed by atoms with Gasteiger partial charge in [0.2, 0.25) is 0 Å². The number of hydrogen-bond acceptors (Lipinski definition) is 2. The molecule has 23 heavy (non-hydrogen) atoms. The van der Waals surface area contributed by atoms with Gasteiger partial charge in [0.25, 0.3) is 0 Å². The summed E-state index contributed by atoms with van der Waals surface area (Å²) < 4.78 is 0. The van der Waals surface area contributed by atoms with E-state index < -0.39 is 0 Å². The minimum absolute atomic E-state index is 0. The second-order valence-electron chi connectivity index (χ2n) is 6.15. The van der Waals surface area contributed by atoms with Crippen LogP contribution < -0.4 is 10.6 Å². The van der Waals surface area contributed by atoms with Gasteiger partial charge in [-0.15, -0.1) is 24.0 Å². The molecule has 0 aliphatic heterocycles. The van der Waals surface area contributed by atoms with Gasteiger partial charge in [-0.25, -0.2) is 0 Å². The average molecular weight is 426 g/mol. The van der Waals surface area contributed by atoms with Crippen LogP contribution >= 0.6 is 24.0 Å². The lowest BCUT2D eigenvalue weighted by Crippen LogP contribution is -2.42. The predicted molar refractivity (Wildman–Crippen MR) is 106 cm³/mol. The summed E-state index contributed by atoms with van der Waals surface area (Å²) in [4.78, 5) is 4.31. The molecule has 126 valence electrons. The minimum atomic E-state index is 0. The Bertz CT molecular complexity index is 539. The van der Waals surface area contributed by atoms with E-state index in [1.165, 1.54) is 32.1 Å². The molecule has 1 saturated carbocycles. The molecule has 1 aromatic carbocycles. The van der Waals surface area contributed by atoms with Crippen LogP contribution in [0.4, 0.5) is 0 Å². The van der Waals surface area contributed by atoms with E-state index in [9.17, 15) is 0 Å². The maximum absolute atomic E-state index is 8.81. The van der Waals surface area contributed by atoms with Gasteiger partial charge in [0.15, 0.2) is 5.96 Å². The summed E-state index contributed by atoms with van der Waals surface area (Å²) in [5, 5.41) is 15.6. The molecule has 5 heteroatoms. The van der Waals surface area contributed by atoms with Crippen molar-refractivity contribution in [2.45, 2.75) is 45.6 Å². The fraction of sp³-hybridized carbons (Fsp3) is 0.556. The van der Waals surface area contributed by atoms with Crippen LogP contribution in [0.25, 0.3) is 0 Å². The van der Waals surface area contributed by atoms with Crippen LogP contribution in [-0.2, 0) is 6.54 Å². The lowest BCUT2D eigenvalue weighted by atomic mass is 9.83. The van der Waals surface area contributed by atoms with Crippen LogP contribution in [0.2, 0.25) is 0 Å². The van der Waals surface area contributed by atoms with Crippen LogP contribution in [0.5, 0.6) is 0 Å². The van der Waals surface area contributed by atoms with Crippen LogP contribution in [0.1, 0.15) is 50.2 Å². The van der Waals surface area contributed by atoms with Crippen molar-refractivity contribution in [2.75, 3.05) is 13.6 Å². The van der Waals surface area contributed by atoms with E-state index in [0.717, 1.165) is 18.1 Å². The highest BCUT2D eigenvalue weighted by Gasteiger charge is 2.31. The number of guanidine groups is 1. The summed E-state index contributed by atoms with van der Waals surface area (Å²) in [5.74, 6) is 0.851. The lowest BCUT2D eigenvalue weighted by molar-refractivity contribution is 0.283. The molecule has 2 N–H and O–H groups in total. The van der Waals surface area contributed by atoms with Gasteiger partial charge in [-0.1, -0.05) is 31.9 Å². The Morgan fingerprint density at radius 1 is 1.22 bits per heavy atom. The minimum Gasteiger partial charge on any atom is -0.356 e. The summed E-state index contributed by atoms with van der Waals surface area (Å²) in [5.41, 5.74) is 2.29. The van der Waals surface area contributed by atoms with Crippen LogP contribution in [0.3, 0.4) is 0 Å². The topological polar surface area (TPSA) is 60.2 Å². The van der Waals surface area contributed by atoms with E-state index in [1.807, 2.05) is 24.3 Å². The molecule has 0 atom stereocenters. The fourth-order valence-electron chi connectivity index (χ4n) is 3.16. The molecular formula is C18H27IN4. The summed E-state index contributed by atoms with van der Waals surface area (Å²) in [6.45, 7) is 4.00. The average Bonchev–Trinajstić information content (AvgIpc) is 3.05. The first-order chi connectivity index (χ1) is 10.7. The Kier molecular flexibility index (Phi) is 8.38. The summed E-state index contributed by atoms with van der Waals surface area (Å²) in [6.07, 6.45) is 6.58. The maximum Gasteiger partial charge on any atom is 0.191 e. The van der Waals surface area contributed by atoms with Crippen LogP contribution in [0.15, 0.2) is 29.3 Å². The van der Waals surface area contributed by atoms with Crippen LogP contribution in [0, 0.1) is 16.7 Å². The molecule has 0 unspecified atom stereocenters. The summed E-state index contributed by atoms with van der Waals surface area (Å²) in [6, 6.07) is 9.78. The quantitative estimate of drug-likeness (QED) is 0.428. The number of aliphatic imine (C=N–C) groups is 1. The predicted octanol–water partition coefficient (Wildman–Crippen LogP) is 3.81. The molecule has 0 amide bonds. The van der Waals surface area contributed by atoms with Crippen molar-refractivity contribution in [3.8, 4) is 6.07 Å². The Morgan fingerprint density at radius 3 is 2.39 bits per heavy atom. The molecule has 1 fully saturated rings. The zero-order valence-corrected chi connectivity index (χ0v) is 16.4. The molecule has 0 bridgehead atoms. The van der Waals surface area contributed by atoms with E-state index in [2.05, 4.69) is 28.6 Å². The smallest absolute Gasteiger partial charge is 0.191 e. The third-order valence-corrected chi connectivity index (χ3v) is 4.81. The van der Waals surface area contributed by atoms with E-state index in [1.54, 1.807) is 7.05 Å². The number of rotatable bonds is 5. The van der Waals surface area contributed by atoms with E-state index in [4.69, 9.17) is 5.26 Å². The van der Waals surface area contributed by atoms with Crippen molar-refractivity contribution in [3.05, 3.63) is 35.4 Å². The standard InChI is InChI=1S/C18H26N4.HI/c1-3-18(10-4-5-11-18)14-22-17(20-2)21-13-16-8-6-15(12-19)7-9-16;/h6-9H,3-5,10-11,13-14H2,1-2H3,(H2,20,21,22);1H. The highest BCUT2D eigenvalue weighted by atomic mass is 127. The normalized spacial score (nSPS) is 16.3. The molecule has 0 aromatic heterocycles. The van der Waals surface area contributed by atoms with Gasteiger partial charge >= 0.3 is 0 Å². The zero-order valence-electron chi connectivity index (χ0n) is 14.1. The van der Waals surface area contributed by atoms with Gasteiger partial charge in [0, 0.05) is 20.1 Å². The van der Waals surface area contributed by atoms with Crippen molar-refractivity contribution < 1.29 is 0 Å². The third-order valence-electron chi connectivity index (χ3n) is 4.81. The number of nitriles is 1. The van der Waals surface area contributed by atoms with E-state index >= 15 is 0 Å². The number of nitrogens with one attached hydrogen (secondary N) is 2. The second-order valence-corrected chi connectivity index (χ2v) is 6.15. The Morgan fingerprint density at radius 2 is 1.87 bits per heavy atom. The highest BCUT2D eigenvalue weighted by Crippen LogP contribution is 2.40. The summed E-state index contributed by atoms with van der Waals surface area (Å²) >= 11 is 0. The molecule has 2 rings (SSSR count). The second kappa shape index (κ2) is 9.76. The molecule has 0 heterocycles. The van der Waals surface area contributed by atoms with Crippen molar-refractivity contribution in [2.24, 2.45) is 10.4 Å². The third kappa shape index (κ3) is 5.69. The van der Waals surface area contributed by atoms with Gasteiger partial charge in [-0.3, -0.25) is 4.99 Å². The number of nitrogens with zero attached hydrogens (tertiary/aromatic N) is 2. The van der Waals surface area contributed by atoms with E-state index in [-0.39, 0.29) is 24.0 Å². The van der Waals surface area contributed by atoms with Crippen LogP contribution in [-0.4, -0.2) is 19.6 Å². The molecule has 1 aromatic rings. The summed E-state index contributed by atoms with van der Waals surface area (Å²) in [7, 11) is 1.81. The van der Waals surface area contributed by atoms with Gasteiger partial charge < -0.3 is 10.6 Å². The Hall–Kier alpha value is -1.29. The van der Waals surface area contributed by atoms with Crippen molar-refractivity contribution >= 4 is 29.9 Å². The van der Waals surface area contributed by atoms with Gasteiger partial charge in [0.05, 0.1) is 11.6 Å². The van der Waals surface area contributed by atoms with E-state index in [0.29, 0.717) is 17.5 Å².